The van der Waals surface area contributed by atoms with Gasteiger partial charge in [0.2, 0.25) is 0 Å². The van der Waals surface area contributed by atoms with E-state index >= 15 is 0 Å². The lowest BCUT2D eigenvalue weighted by molar-refractivity contribution is 0.485. The molecule has 4 heterocycles. The molecule has 2 aliphatic heterocycles. The molecule has 6 heteroatoms. The molecular weight excluding hydrogens is 623 g/mol. The summed E-state index contributed by atoms with van der Waals surface area (Å²) >= 11 is 0. The molecule has 0 aliphatic carbocycles. The van der Waals surface area contributed by atoms with Crippen LogP contribution in [0.5, 0.6) is 11.5 Å². The Kier molecular flexibility index (Phi) is 5.98. The van der Waals surface area contributed by atoms with Crippen molar-refractivity contribution < 1.29 is 4.74 Å². The van der Waals surface area contributed by atoms with E-state index in [1.165, 1.54) is 16.4 Å². The molecule has 0 radical (unpaired) electrons. The molecule has 238 valence electrons. The van der Waals surface area contributed by atoms with Crippen molar-refractivity contribution in [3.8, 4) is 34.3 Å². The Morgan fingerprint density at radius 3 is 1.92 bits per heavy atom. The summed E-state index contributed by atoms with van der Waals surface area (Å²) in [4.78, 5) is 7.63. The van der Waals surface area contributed by atoms with Crippen LogP contribution in [0, 0.1) is 0 Å². The fraction of sp³-hybridized carbons (Fsp3) is 0. The second-order valence-electron chi connectivity index (χ2n) is 13.1. The number of ether oxygens (including phenoxy) is 1. The van der Waals surface area contributed by atoms with Crippen LogP contribution in [0.4, 0.5) is 17.2 Å². The van der Waals surface area contributed by atoms with Gasteiger partial charge in [-0.1, -0.05) is 115 Å². The molecular formula is C45H29BN4O. The summed E-state index contributed by atoms with van der Waals surface area (Å²) in [6, 6.07) is 62.1. The Labute approximate surface area is 295 Å². The number of rotatable bonds is 4. The zero-order chi connectivity index (χ0) is 33.5. The van der Waals surface area contributed by atoms with E-state index in [0.29, 0.717) is 0 Å². The monoisotopic (exact) mass is 652 g/mol. The van der Waals surface area contributed by atoms with Gasteiger partial charge in [0, 0.05) is 22.6 Å². The summed E-state index contributed by atoms with van der Waals surface area (Å²) in [7, 11) is 0. The topological polar surface area (TPSA) is 35.2 Å². The minimum atomic E-state index is -0.0836. The van der Waals surface area contributed by atoms with Crippen molar-refractivity contribution >= 4 is 62.2 Å². The predicted molar refractivity (Wildman–Crippen MR) is 209 cm³/mol. The fourth-order valence-corrected chi connectivity index (χ4v) is 8.31. The van der Waals surface area contributed by atoms with E-state index in [-0.39, 0.29) is 6.71 Å². The molecule has 0 amide bonds. The van der Waals surface area contributed by atoms with Crippen LogP contribution in [-0.4, -0.2) is 20.8 Å². The first-order chi connectivity index (χ1) is 25.3. The second-order valence-corrected chi connectivity index (χ2v) is 13.1. The van der Waals surface area contributed by atoms with E-state index in [4.69, 9.17) is 9.72 Å². The number of fused-ring (bicyclic) bond motifs is 7. The minimum Gasteiger partial charge on any atom is -0.456 e. The molecule has 0 N–H and O–H groups in total. The molecule has 51 heavy (non-hydrogen) atoms. The molecule has 2 aromatic heterocycles. The van der Waals surface area contributed by atoms with E-state index < -0.39 is 0 Å². The lowest BCUT2D eigenvalue weighted by Gasteiger charge is -2.40. The van der Waals surface area contributed by atoms with Crippen molar-refractivity contribution in [1.29, 1.82) is 0 Å². The van der Waals surface area contributed by atoms with E-state index in [2.05, 4.69) is 184 Å². The van der Waals surface area contributed by atoms with Crippen molar-refractivity contribution in [2.24, 2.45) is 0 Å². The Hall–Kier alpha value is -6.79. The highest BCUT2D eigenvalue weighted by Crippen LogP contribution is 2.46. The van der Waals surface area contributed by atoms with Crippen LogP contribution < -0.4 is 26.0 Å². The third-order valence-electron chi connectivity index (χ3n) is 10.4. The SMILES string of the molecule is c1ccc(-c2nc3ccccc3n2-c2ccc3c4c2Oc2ccccc2B4c2c(n(-c4ccccc4)c4ccccc24)N3c2ccccc2)cc1. The molecule has 7 aromatic carbocycles. The van der Waals surface area contributed by atoms with E-state index in [0.717, 1.165) is 73.4 Å². The highest BCUT2D eigenvalue weighted by molar-refractivity contribution is 7.00. The number of anilines is 3. The first-order valence-electron chi connectivity index (χ1n) is 17.4. The molecule has 0 fully saturated rings. The van der Waals surface area contributed by atoms with Gasteiger partial charge in [-0.15, -0.1) is 0 Å². The van der Waals surface area contributed by atoms with Crippen LogP contribution in [0.25, 0.3) is 44.7 Å². The second kappa shape index (κ2) is 10.9. The fourth-order valence-electron chi connectivity index (χ4n) is 8.31. The zero-order valence-electron chi connectivity index (χ0n) is 27.5. The standard InChI is InChI=1S/C45H29BN4O/c1-4-16-30(17-5-1)44-47-35-24-12-14-26-37(35)50(44)39-29-28-38-42-43(39)51-40-27-15-11-23-34(40)46(42)41-33-22-10-13-25-36(33)48(31-18-6-2-7-19-31)45(41)49(38)32-20-8-3-9-21-32/h1-29H. The maximum atomic E-state index is 7.14. The molecule has 9 aromatic rings. The quantitative estimate of drug-likeness (QED) is 0.178. The maximum Gasteiger partial charge on any atom is 0.259 e. The Balaban J connectivity index is 1.29. The van der Waals surface area contributed by atoms with Gasteiger partial charge in [-0.05, 0) is 82.4 Å². The number of imidazole rings is 1. The molecule has 0 bridgehead atoms. The van der Waals surface area contributed by atoms with Crippen molar-refractivity contribution in [1.82, 2.24) is 14.1 Å². The van der Waals surface area contributed by atoms with Gasteiger partial charge < -0.3 is 4.74 Å². The van der Waals surface area contributed by atoms with Gasteiger partial charge in [0.05, 0.1) is 22.2 Å². The average molecular weight is 653 g/mol. The van der Waals surface area contributed by atoms with Crippen LogP contribution >= 0.6 is 0 Å². The number of para-hydroxylation sites is 6. The Morgan fingerprint density at radius 1 is 0.490 bits per heavy atom. The summed E-state index contributed by atoms with van der Waals surface area (Å²) in [6.45, 7) is -0.0836. The van der Waals surface area contributed by atoms with Gasteiger partial charge in [0.1, 0.15) is 23.1 Å². The third-order valence-corrected chi connectivity index (χ3v) is 10.4. The van der Waals surface area contributed by atoms with Crippen molar-refractivity contribution in [3.05, 3.63) is 176 Å². The smallest absolute Gasteiger partial charge is 0.259 e. The molecule has 0 atom stereocenters. The third kappa shape index (κ3) is 4.02. The van der Waals surface area contributed by atoms with Gasteiger partial charge in [0.25, 0.3) is 6.71 Å². The normalized spacial score (nSPS) is 12.8. The van der Waals surface area contributed by atoms with Gasteiger partial charge in [-0.2, -0.15) is 0 Å². The summed E-state index contributed by atoms with van der Waals surface area (Å²) in [5.41, 5.74) is 12.0. The number of hydrogen-bond acceptors (Lipinski definition) is 3. The van der Waals surface area contributed by atoms with E-state index in [9.17, 15) is 0 Å². The van der Waals surface area contributed by atoms with Gasteiger partial charge in [0.15, 0.2) is 0 Å². The minimum absolute atomic E-state index is 0.0836. The highest BCUT2D eigenvalue weighted by atomic mass is 16.5. The van der Waals surface area contributed by atoms with Crippen LogP contribution in [0.3, 0.4) is 0 Å². The van der Waals surface area contributed by atoms with Crippen LogP contribution in [0.2, 0.25) is 0 Å². The molecule has 0 saturated heterocycles. The van der Waals surface area contributed by atoms with Crippen molar-refractivity contribution in [3.63, 3.8) is 0 Å². The lowest BCUT2D eigenvalue weighted by Crippen LogP contribution is -2.59. The van der Waals surface area contributed by atoms with Crippen molar-refractivity contribution in [2.75, 3.05) is 4.90 Å². The number of hydrogen-bond donors (Lipinski definition) is 0. The molecule has 0 spiro atoms. The maximum absolute atomic E-state index is 7.14. The van der Waals surface area contributed by atoms with Gasteiger partial charge in [-0.25, -0.2) is 4.98 Å². The predicted octanol–water partition coefficient (Wildman–Crippen LogP) is 9.04. The number of nitrogens with zero attached hydrogens (tertiary/aromatic N) is 4. The molecule has 11 rings (SSSR count). The van der Waals surface area contributed by atoms with E-state index in [1.807, 2.05) is 6.07 Å². The molecule has 0 saturated carbocycles. The summed E-state index contributed by atoms with van der Waals surface area (Å²) < 4.78 is 11.9. The first kappa shape index (κ1) is 28.1. The van der Waals surface area contributed by atoms with Gasteiger partial charge in [-0.3, -0.25) is 14.0 Å². The van der Waals surface area contributed by atoms with Crippen molar-refractivity contribution in [2.45, 2.75) is 0 Å². The van der Waals surface area contributed by atoms with Crippen LogP contribution in [0.1, 0.15) is 0 Å². The molecule has 2 aliphatic rings. The summed E-state index contributed by atoms with van der Waals surface area (Å²) in [5, 5.41) is 1.22. The highest BCUT2D eigenvalue weighted by Gasteiger charge is 2.46. The Morgan fingerprint density at radius 2 is 1.12 bits per heavy atom. The number of aromatic nitrogens is 3. The van der Waals surface area contributed by atoms with Gasteiger partial charge >= 0.3 is 0 Å². The molecule has 5 nitrogen and oxygen atoms in total. The summed E-state index contributed by atoms with van der Waals surface area (Å²) in [6.07, 6.45) is 0. The average Bonchev–Trinajstić information content (AvgIpc) is 3.75. The summed E-state index contributed by atoms with van der Waals surface area (Å²) in [5.74, 6) is 3.73. The van der Waals surface area contributed by atoms with Crippen LogP contribution in [-0.2, 0) is 0 Å². The first-order valence-corrected chi connectivity index (χ1v) is 17.4. The lowest BCUT2D eigenvalue weighted by atomic mass is 9.34. The van der Waals surface area contributed by atoms with Crippen LogP contribution in [0.15, 0.2) is 176 Å². The molecule has 0 unspecified atom stereocenters. The zero-order valence-corrected chi connectivity index (χ0v) is 27.5. The number of benzene rings is 7. The van der Waals surface area contributed by atoms with E-state index in [1.54, 1.807) is 0 Å². The largest absolute Gasteiger partial charge is 0.456 e. The Bertz CT molecular complexity index is 2790.